The van der Waals surface area contributed by atoms with Crippen LogP contribution in [0.3, 0.4) is 0 Å². The number of carbonyl (C=O) groups is 1. The quantitative estimate of drug-likeness (QED) is 0.686. The van der Waals surface area contributed by atoms with Gasteiger partial charge in [0.1, 0.15) is 0 Å². The molecule has 0 radical (unpaired) electrons. The number of aryl methyl sites for hydroxylation is 1. The lowest BCUT2D eigenvalue weighted by Crippen LogP contribution is -2.17. The molecule has 2 aromatic rings. The SMILES string of the molecule is Cc1ccc(C(=O)C(C)c2ccccc2[P+](=O)O)c(C)c1C. The van der Waals surface area contributed by atoms with E-state index in [2.05, 4.69) is 0 Å². The summed E-state index contributed by atoms with van der Waals surface area (Å²) >= 11 is 0. The second kappa shape index (κ2) is 6.51. The summed E-state index contributed by atoms with van der Waals surface area (Å²) in [5.74, 6) is -0.479. The molecule has 2 rings (SSSR count). The topological polar surface area (TPSA) is 54.4 Å². The Kier molecular flexibility index (Phi) is 4.90. The smallest absolute Gasteiger partial charge is 0.293 e. The first-order chi connectivity index (χ1) is 10.3. The number of carbonyl (C=O) groups excluding carboxylic acids is 1. The van der Waals surface area contributed by atoms with E-state index in [1.165, 1.54) is 0 Å². The third kappa shape index (κ3) is 3.01. The van der Waals surface area contributed by atoms with Crippen molar-refractivity contribution < 1.29 is 14.3 Å². The van der Waals surface area contributed by atoms with Gasteiger partial charge in [-0.1, -0.05) is 37.3 Å². The van der Waals surface area contributed by atoms with E-state index in [0.29, 0.717) is 16.4 Å². The minimum atomic E-state index is -2.46. The standard InChI is InChI=1S/C18H19O3P/c1-11-9-10-16(13(3)12(11)2)18(19)14(4)15-7-5-6-8-17(15)22(20)21/h5-10,14H,1-4H3/p+1. The summed E-state index contributed by atoms with van der Waals surface area (Å²) in [5, 5.41) is 0.333. The van der Waals surface area contributed by atoms with Crippen LogP contribution in [0.4, 0.5) is 0 Å². The van der Waals surface area contributed by atoms with Gasteiger partial charge in [-0.15, -0.1) is 0 Å². The predicted octanol–water partition coefficient (Wildman–Crippen LogP) is 3.96. The molecule has 0 aliphatic rings. The van der Waals surface area contributed by atoms with Crippen molar-refractivity contribution in [1.82, 2.24) is 0 Å². The number of Topliss-reactive ketones (excluding diaryl/α,β-unsaturated/α-hetero) is 1. The minimum Gasteiger partial charge on any atom is -0.293 e. The highest BCUT2D eigenvalue weighted by molar-refractivity contribution is 7.47. The minimum absolute atomic E-state index is 0.0232. The zero-order valence-electron chi connectivity index (χ0n) is 13.3. The molecule has 0 aromatic heterocycles. The average Bonchev–Trinajstić information content (AvgIpc) is 2.51. The van der Waals surface area contributed by atoms with Crippen molar-refractivity contribution in [2.24, 2.45) is 0 Å². The second-order valence-electron chi connectivity index (χ2n) is 5.60. The van der Waals surface area contributed by atoms with Crippen LogP contribution in [0.15, 0.2) is 36.4 Å². The summed E-state index contributed by atoms with van der Waals surface area (Å²) in [7, 11) is -2.46. The summed E-state index contributed by atoms with van der Waals surface area (Å²) in [6, 6.07) is 10.6. The summed E-state index contributed by atoms with van der Waals surface area (Å²) < 4.78 is 11.5. The van der Waals surface area contributed by atoms with E-state index in [9.17, 15) is 14.3 Å². The normalized spacial score (nSPS) is 12.9. The van der Waals surface area contributed by atoms with Crippen LogP contribution in [0.1, 0.15) is 45.5 Å². The van der Waals surface area contributed by atoms with Crippen molar-refractivity contribution in [3.63, 3.8) is 0 Å². The molecule has 4 heteroatoms. The lowest BCUT2D eigenvalue weighted by molar-refractivity contribution is 0.0965. The monoisotopic (exact) mass is 315 g/mol. The van der Waals surface area contributed by atoms with Gasteiger partial charge in [0, 0.05) is 17.0 Å². The highest BCUT2D eigenvalue weighted by Crippen LogP contribution is 2.27. The molecule has 114 valence electrons. The van der Waals surface area contributed by atoms with Crippen LogP contribution in [-0.4, -0.2) is 10.7 Å². The number of benzene rings is 2. The Morgan fingerprint density at radius 3 is 2.32 bits per heavy atom. The van der Waals surface area contributed by atoms with Gasteiger partial charge in [0.2, 0.25) is 5.30 Å². The molecule has 22 heavy (non-hydrogen) atoms. The molecule has 0 spiro atoms. The first kappa shape index (κ1) is 16.5. The lowest BCUT2D eigenvalue weighted by atomic mass is 9.88. The van der Waals surface area contributed by atoms with Gasteiger partial charge in [0.05, 0.1) is 0 Å². The Labute approximate surface area is 131 Å². The van der Waals surface area contributed by atoms with Crippen LogP contribution in [0.2, 0.25) is 0 Å². The molecule has 3 nitrogen and oxygen atoms in total. The molecule has 0 saturated carbocycles. The zero-order valence-corrected chi connectivity index (χ0v) is 14.1. The fourth-order valence-electron chi connectivity index (χ4n) is 2.63. The third-order valence-electron chi connectivity index (χ3n) is 4.33. The van der Waals surface area contributed by atoms with Crippen molar-refractivity contribution in [2.75, 3.05) is 0 Å². The maximum Gasteiger partial charge on any atom is 0.546 e. The van der Waals surface area contributed by atoms with E-state index >= 15 is 0 Å². The second-order valence-corrected chi connectivity index (χ2v) is 6.63. The van der Waals surface area contributed by atoms with E-state index in [0.717, 1.165) is 16.7 Å². The predicted molar refractivity (Wildman–Crippen MR) is 89.3 cm³/mol. The Balaban J connectivity index is 2.47. The number of rotatable bonds is 4. The molecule has 0 heterocycles. The molecule has 0 aliphatic heterocycles. The molecule has 2 atom stereocenters. The first-order valence-electron chi connectivity index (χ1n) is 7.20. The van der Waals surface area contributed by atoms with Gasteiger partial charge in [-0.25, -0.2) is 0 Å². The molecule has 0 aliphatic carbocycles. The average molecular weight is 315 g/mol. The van der Waals surface area contributed by atoms with Gasteiger partial charge in [-0.3, -0.25) is 4.79 Å². The molecule has 0 saturated heterocycles. The Bertz CT molecular complexity index is 750. The Hall–Kier alpha value is -1.83. The molecule has 2 aromatic carbocycles. The van der Waals surface area contributed by atoms with Crippen molar-refractivity contribution in [3.8, 4) is 0 Å². The molecule has 0 fully saturated rings. The van der Waals surface area contributed by atoms with Gasteiger partial charge in [-0.2, -0.15) is 4.89 Å². The van der Waals surface area contributed by atoms with Crippen molar-refractivity contribution in [3.05, 3.63) is 64.2 Å². The highest BCUT2D eigenvalue weighted by Gasteiger charge is 2.29. The van der Waals surface area contributed by atoms with Gasteiger partial charge in [0.25, 0.3) is 0 Å². The third-order valence-corrected chi connectivity index (χ3v) is 5.15. The first-order valence-corrected chi connectivity index (χ1v) is 8.42. The summed E-state index contributed by atoms with van der Waals surface area (Å²) in [6.07, 6.45) is 0. The molecule has 2 unspecified atom stereocenters. The Morgan fingerprint density at radius 2 is 1.68 bits per heavy atom. The van der Waals surface area contributed by atoms with Crippen LogP contribution >= 0.6 is 8.03 Å². The largest absolute Gasteiger partial charge is 0.546 e. The van der Waals surface area contributed by atoms with Crippen LogP contribution < -0.4 is 5.30 Å². The summed E-state index contributed by atoms with van der Waals surface area (Å²) in [4.78, 5) is 22.3. The van der Waals surface area contributed by atoms with Crippen LogP contribution in [0.25, 0.3) is 0 Å². The summed E-state index contributed by atoms with van der Waals surface area (Å²) in [5.41, 5.74) is 4.54. The molecule has 1 N–H and O–H groups in total. The van der Waals surface area contributed by atoms with Crippen molar-refractivity contribution in [1.29, 1.82) is 0 Å². The highest BCUT2D eigenvalue weighted by atomic mass is 31.1. The van der Waals surface area contributed by atoms with E-state index in [-0.39, 0.29) is 5.78 Å². The lowest BCUT2D eigenvalue weighted by Gasteiger charge is -2.15. The molecule has 0 bridgehead atoms. The maximum absolute atomic E-state index is 12.8. The van der Waals surface area contributed by atoms with Gasteiger partial charge < -0.3 is 0 Å². The van der Waals surface area contributed by atoms with E-state index in [1.54, 1.807) is 31.2 Å². The van der Waals surface area contributed by atoms with Gasteiger partial charge >= 0.3 is 8.03 Å². The fraction of sp³-hybridized carbons (Fsp3) is 0.278. The summed E-state index contributed by atoms with van der Waals surface area (Å²) in [6.45, 7) is 7.76. The van der Waals surface area contributed by atoms with Gasteiger partial charge in [-0.05, 0) is 48.1 Å². The molecular weight excluding hydrogens is 295 g/mol. The number of hydrogen-bond acceptors (Lipinski definition) is 2. The van der Waals surface area contributed by atoms with Crippen LogP contribution in [0.5, 0.6) is 0 Å². The van der Waals surface area contributed by atoms with E-state index < -0.39 is 13.9 Å². The number of hydrogen-bond donors (Lipinski definition) is 1. The van der Waals surface area contributed by atoms with Crippen molar-refractivity contribution in [2.45, 2.75) is 33.6 Å². The Morgan fingerprint density at radius 1 is 1.05 bits per heavy atom. The maximum atomic E-state index is 12.8. The van der Waals surface area contributed by atoms with E-state index in [1.807, 2.05) is 32.9 Å². The molecule has 0 amide bonds. The fourth-order valence-corrected chi connectivity index (χ4v) is 3.33. The van der Waals surface area contributed by atoms with Crippen LogP contribution in [-0.2, 0) is 4.57 Å². The zero-order chi connectivity index (χ0) is 16.4. The van der Waals surface area contributed by atoms with E-state index in [4.69, 9.17) is 0 Å². The molecular formula is C18H20O3P+. The van der Waals surface area contributed by atoms with Gasteiger partial charge in [0.15, 0.2) is 5.78 Å². The van der Waals surface area contributed by atoms with Crippen molar-refractivity contribution >= 4 is 19.1 Å². The number of ketones is 1. The van der Waals surface area contributed by atoms with Crippen LogP contribution in [0, 0.1) is 20.8 Å².